The molecule has 0 aromatic heterocycles. The molecule has 0 saturated carbocycles. The monoisotopic (exact) mass is 410 g/mol. The first-order chi connectivity index (χ1) is 14.1. The molecule has 0 radical (unpaired) electrons. The van der Waals surface area contributed by atoms with Crippen LogP contribution in [0.3, 0.4) is 0 Å². The number of carbonyl (C=O) groups is 1. The Morgan fingerprint density at radius 3 is 2.41 bits per heavy atom. The molecule has 0 aliphatic carbocycles. The fraction of sp³-hybridized carbons (Fsp3) is 0.682. The highest BCUT2D eigenvalue weighted by Crippen LogP contribution is 2.26. The maximum Gasteiger partial charge on any atom is 0.338 e. The third-order valence-electron chi connectivity index (χ3n) is 5.01. The smallest absolute Gasteiger partial charge is 0.338 e. The van der Waals surface area contributed by atoms with Gasteiger partial charge in [0.1, 0.15) is 18.3 Å². The van der Waals surface area contributed by atoms with Crippen LogP contribution in [0.1, 0.15) is 55.8 Å². The predicted octanol–water partition coefficient (Wildman–Crippen LogP) is 2.68. The Morgan fingerprint density at radius 2 is 1.72 bits per heavy atom. The largest absolute Gasteiger partial charge is 0.453 e. The Morgan fingerprint density at radius 1 is 1.03 bits per heavy atom. The molecule has 0 unspecified atom stereocenters. The van der Waals surface area contributed by atoms with Crippen molar-refractivity contribution in [3.8, 4) is 0 Å². The van der Waals surface area contributed by atoms with Gasteiger partial charge in [0.2, 0.25) is 0 Å². The Kier molecular flexibility index (Phi) is 10.6. The van der Waals surface area contributed by atoms with Crippen molar-refractivity contribution in [3.05, 3.63) is 35.9 Å². The Balaban J connectivity index is 1.93. The lowest BCUT2D eigenvalue weighted by Gasteiger charge is -2.41. The van der Waals surface area contributed by atoms with E-state index in [1.165, 1.54) is 26.4 Å². The average molecular weight is 411 g/mol. The van der Waals surface area contributed by atoms with Gasteiger partial charge in [-0.1, -0.05) is 57.2 Å². The van der Waals surface area contributed by atoms with Gasteiger partial charge in [0.05, 0.1) is 12.2 Å². The fourth-order valence-corrected chi connectivity index (χ4v) is 3.33. The number of ether oxygens (including phenoxy) is 4. The molecular formula is C22H34O7. The van der Waals surface area contributed by atoms with Gasteiger partial charge in [0.25, 0.3) is 0 Å². The number of carbonyl (C=O) groups excluding carboxylic acids is 1. The van der Waals surface area contributed by atoms with Crippen molar-refractivity contribution in [2.45, 2.75) is 76.2 Å². The van der Waals surface area contributed by atoms with E-state index in [4.69, 9.17) is 18.9 Å². The van der Waals surface area contributed by atoms with Gasteiger partial charge in [-0.2, -0.15) is 0 Å². The van der Waals surface area contributed by atoms with Gasteiger partial charge in [0, 0.05) is 13.7 Å². The van der Waals surface area contributed by atoms with Crippen LogP contribution in [0.15, 0.2) is 30.3 Å². The summed E-state index contributed by atoms with van der Waals surface area (Å²) in [5, 5.41) is 21.2. The molecule has 1 aromatic rings. The lowest BCUT2D eigenvalue weighted by Crippen LogP contribution is -2.60. The SMILES string of the molecule is CCCCCCCCO[C@@H]1O[C@H](COC)[C@@H](O)[C@H](OC(=O)c2ccccc2)[C@H]1O. The molecule has 0 bridgehead atoms. The molecule has 0 spiro atoms. The normalized spacial score (nSPS) is 27.0. The zero-order valence-electron chi connectivity index (χ0n) is 17.4. The van der Waals surface area contributed by atoms with Crippen LogP contribution in [0.4, 0.5) is 0 Å². The van der Waals surface area contributed by atoms with Gasteiger partial charge in [0.15, 0.2) is 12.4 Å². The van der Waals surface area contributed by atoms with E-state index in [-0.39, 0.29) is 6.61 Å². The van der Waals surface area contributed by atoms with E-state index in [1.807, 2.05) is 0 Å². The summed E-state index contributed by atoms with van der Waals surface area (Å²) in [6.45, 7) is 2.68. The molecule has 1 heterocycles. The van der Waals surface area contributed by atoms with Gasteiger partial charge >= 0.3 is 5.97 Å². The standard InChI is InChI=1S/C22H34O7/c1-3-4-5-6-7-11-14-27-22-19(24)20(18(23)17(28-22)15-26-2)29-21(25)16-12-9-8-10-13-16/h8-10,12-13,17-20,22-24H,3-7,11,14-15H2,1-2H3/t17-,18-,19-,20+,22-/m1/s1. The van der Waals surface area contributed by atoms with Crippen molar-refractivity contribution in [2.24, 2.45) is 0 Å². The quantitative estimate of drug-likeness (QED) is 0.404. The molecule has 1 aromatic carbocycles. The van der Waals surface area contributed by atoms with E-state index < -0.39 is 36.7 Å². The van der Waals surface area contributed by atoms with Crippen LogP contribution in [0.5, 0.6) is 0 Å². The van der Waals surface area contributed by atoms with E-state index in [2.05, 4.69) is 6.92 Å². The molecule has 164 valence electrons. The zero-order chi connectivity index (χ0) is 21.1. The van der Waals surface area contributed by atoms with E-state index in [9.17, 15) is 15.0 Å². The predicted molar refractivity (Wildman–Crippen MR) is 108 cm³/mol. The van der Waals surface area contributed by atoms with E-state index >= 15 is 0 Å². The number of aliphatic hydroxyl groups excluding tert-OH is 2. The third-order valence-corrected chi connectivity index (χ3v) is 5.01. The molecule has 7 nitrogen and oxygen atoms in total. The van der Waals surface area contributed by atoms with Gasteiger partial charge in [-0.25, -0.2) is 4.79 Å². The van der Waals surface area contributed by atoms with Crippen LogP contribution >= 0.6 is 0 Å². The average Bonchev–Trinajstić information content (AvgIpc) is 2.74. The number of esters is 1. The summed E-state index contributed by atoms with van der Waals surface area (Å²) < 4.78 is 21.9. The second-order valence-corrected chi connectivity index (χ2v) is 7.35. The molecule has 1 aliphatic heterocycles. The number of rotatable bonds is 12. The number of aliphatic hydroxyl groups is 2. The Labute approximate surface area is 172 Å². The summed E-state index contributed by atoms with van der Waals surface area (Å²) in [6.07, 6.45) is 1.20. The van der Waals surface area contributed by atoms with Crippen LogP contribution in [0.25, 0.3) is 0 Å². The number of benzene rings is 1. The van der Waals surface area contributed by atoms with Gasteiger partial charge in [-0.3, -0.25) is 0 Å². The number of unbranched alkanes of at least 4 members (excludes halogenated alkanes) is 5. The second-order valence-electron chi connectivity index (χ2n) is 7.35. The first kappa shape index (κ1) is 23.8. The number of methoxy groups -OCH3 is 1. The van der Waals surface area contributed by atoms with E-state index in [1.54, 1.807) is 30.3 Å². The van der Waals surface area contributed by atoms with Gasteiger partial charge in [-0.15, -0.1) is 0 Å². The highest BCUT2D eigenvalue weighted by molar-refractivity contribution is 5.89. The Hall–Kier alpha value is -1.51. The van der Waals surface area contributed by atoms with Crippen LogP contribution in [-0.4, -0.2) is 67.2 Å². The summed E-state index contributed by atoms with van der Waals surface area (Å²) in [7, 11) is 1.48. The summed E-state index contributed by atoms with van der Waals surface area (Å²) in [4.78, 5) is 12.4. The molecule has 7 heteroatoms. The Bertz CT molecular complexity index is 580. The maximum atomic E-state index is 12.4. The molecule has 1 fully saturated rings. The number of hydrogen-bond acceptors (Lipinski definition) is 7. The first-order valence-electron chi connectivity index (χ1n) is 10.5. The highest BCUT2D eigenvalue weighted by atomic mass is 16.7. The van der Waals surface area contributed by atoms with Crippen LogP contribution in [0, 0.1) is 0 Å². The molecule has 0 amide bonds. The van der Waals surface area contributed by atoms with Crippen molar-refractivity contribution in [3.63, 3.8) is 0 Å². The van der Waals surface area contributed by atoms with E-state index in [0.717, 1.165) is 19.3 Å². The lowest BCUT2D eigenvalue weighted by atomic mass is 9.98. The molecular weight excluding hydrogens is 376 g/mol. The molecule has 2 N–H and O–H groups in total. The second kappa shape index (κ2) is 12.9. The maximum absolute atomic E-state index is 12.4. The van der Waals surface area contributed by atoms with Crippen LogP contribution in [0.2, 0.25) is 0 Å². The van der Waals surface area contributed by atoms with Crippen molar-refractivity contribution >= 4 is 5.97 Å². The molecule has 1 saturated heterocycles. The minimum Gasteiger partial charge on any atom is -0.453 e. The zero-order valence-corrected chi connectivity index (χ0v) is 17.4. The molecule has 1 aliphatic rings. The lowest BCUT2D eigenvalue weighted by molar-refractivity contribution is -0.301. The fourth-order valence-electron chi connectivity index (χ4n) is 3.33. The van der Waals surface area contributed by atoms with Crippen LogP contribution in [-0.2, 0) is 18.9 Å². The highest BCUT2D eigenvalue weighted by Gasteiger charge is 2.47. The molecule has 5 atom stereocenters. The minimum absolute atomic E-state index is 0.0875. The molecule has 2 rings (SSSR count). The van der Waals surface area contributed by atoms with E-state index in [0.29, 0.717) is 12.2 Å². The van der Waals surface area contributed by atoms with Gasteiger partial charge < -0.3 is 29.2 Å². The minimum atomic E-state index is -1.30. The summed E-state index contributed by atoms with van der Waals surface area (Å²) >= 11 is 0. The van der Waals surface area contributed by atoms with Crippen LogP contribution < -0.4 is 0 Å². The molecule has 29 heavy (non-hydrogen) atoms. The van der Waals surface area contributed by atoms with Crippen molar-refractivity contribution in [1.82, 2.24) is 0 Å². The van der Waals surface area contributed by atoms with Crippen molar-refractivity contribution in [1.29, 1.82) is 0 Å². The van der Waals surface area contributed by atoms with Crippen molar-refractivity contribution < 1.29 is 34.0 Å². The first-order valence-corrected chi connectivity index (χ1v) is 10.5. The van der Waals surface area contributed by atoms with Crippen molar-refractivity contribution in [2.75, 3.05) is 20.3 Å². The van der Waals surface area contributed by atoms with Gasteiger partial charge in [-0.05, 0) is 18.6 Å². The topological polar surface area (TPSA) is 94.5 Å². The summed E-state index contributed by atoms with van der Waals surface area (Å²) in [5.41, 5.74) is 0.339. The summed E-state index contributed by atoms with van der Waals surface area (Å²) in [6, 6.07) is 8.44. The summed E-state index contributed by atoms with van der Waals surface area (Å²) in [5.74, 6) is -0.624. The third kappa shape index (κ3) is 7.35. The number of hydrogen-bond donors (Lipinski definition) is 2.